The molecule has 11 heteroatoms. The van der Waals surface area contributed by atoms with Crippen molar-refractivity contribution in [2.75, 3.05) is 12.0 Å². The second-order valence-corrected chi connectivity index (χ2v) is 8.68. The summed E-state index contributed by atoms with van der Waals surface area (Å²) in [5, 5.41) is 27.1. The van der Waals surface area contributed by atoms with E-state index in [4.69, 9.17) is 9.15 Å². The maximum absolute atomic E-state index is 12.8. The van der Waals surface area contributed by atoms with Crippen molar-refractivity contribution in [3.05, 3.63) is 114 Å². The van der Waals surface area contributed by atoms with Gasteiger partial charge in [-0.15, -0.1) is 0 Å². The smallest absolute Gasteiger partial charge is 0.340 e. The first kappa shape index (κ1) is 26.0. The third-order valence-electron chi connectivity index (χ3n) is 6.07. The van der Waals surface area contributed by atoms with Crippen molar-refractivity contribution >= 4 is 33.7 Å². The number of fused-ring (bicyclic) bond motifs is 1. The number of rotatable bonds is 9. The van der Waals surface area contributed by atoms with Crippen molar-refractivity contribution < 1.29 is 19.0 Å². The molecule has 0 spiro atoms. The van der Waals surface area contributed by atoms with Gasteiger partial charge in [-0.2, -0.15) is 5.10 Å². The highest BCUT2D eigenvalue weighted by Gasteiger charge is 2.19. The van der Waals surface area contributed by atoms with E-state index in [2.05, 4.69) is 10.5 Å². The Labute approximate surface area is 216 Å². The SMILES string of the molecule is C/C(COc1ccc2c(C)c(Cc3ccccc3)c(=O)oc2c1C)=N\Nc1ccc([N+](=O)[O-])cc1[N+](=O)[O-]. The normalized spacial score (nSPS) is 11.4. The molecule has 0 amide bonds. The van der Waals surface area contributed by atoms with Crippen LogP contribution in [0, 0.1) is 34.1 Å². The zero-order chi connectivity index (χ0) is 27.4. The third kappa shape index (κ3) is 5.51. The summed E-state index contributed by atoms with van der Waals surface area (Å²) < 4.78 is 11.6. The molecule has 0 saturated heterocycles. The van der Waals surface area contributed by atoms with E-state index < -0.39 is 26.8 Å². The minimum Gasteiger partial charge on any atom is -0.487 e. The van der Waals surface area contributed by atoms with Gasteiger partial charge in [-0.25, -0.2) is 4.79 Å². The predicted octanol–water partition coefficient (Wildman–Crippen LogP) is 5.68. The number of ether oxygens (including phenoxy) is 1. The Kier molecular flexibility index (Phi) is 7.47. The molecule has 1 N–H and O–H groups in total. The largest absolute Gasteiger partial charge is 0.487 e. The molecule has 0 bridgehead atoms. The fraction of sp³-hybridized carbons (Fsp3) is 0.185. The van der Waals surface area contributed by atoms with Gasteiger partial charge < -0.3 is 9.15 Å². The van der Waals surface area contributed by atoms with Gasteiger partial charge in [0.1, 0.15) is 23.6 Å². The lowest BCUT2D eigenvalue weighted by atomic mass is 9.98. The van der Waals surface area contributed by atoms with Gasteiger partial charge in [0.05, 0.1) is 21.6 Å². The Morgan fingerprint density at radius 3 is 2.42 bits per heavy atom. The van der Waals surface area contributed by atoms with Crippen molar-refractivity contribution in [2.24, 2.45) is 5.10 Å². The molecule has 0 saturated carbocycles. The van der Waals surface area contributed by atoms with Gasteiger partial charge in [-0.05, 0) is 50.1 Å². The Hall–Kier alpha value is -5.06. The first-order chi connectivity index (χ1) is 18.2. The van der Waals surface area contributed by atoms with E-state index >= 15 is 0 Å². The van der Waals surface area contributed by atoms with E-state index in [9.17, 15) is 25.0 Å². The number of nitrogens with one attached hydrogen (secondary N) is 1. The Bertz CT molecular complexity index is 1630. The fourth-order valence-electron chi connectivity index (χ4n) is 3.98. The molecule has 0 aliphatic rings. The summed E-state index contributed by atoms with van der Waals surface area (Å²) in [6, 6.07) is 16.6. The predicted molar refractivity (Wildman–Crippen MR) is 143 cm³/mol. The van der Waals surface area contributed by atoms with E-state index in [1.54, 1.807) is 19.9 Å². The second kappa shape index (κ2) is 10.9. The van der Waals surface area contributed by atoms with Gasteiger partial charge in [-0.3, -0.25) is 25.7 Å². The van der Waals surface area contributed by atoms with Crippen molar-refractivity contribution in [2.45, 2.75) is 27.2 Å². The van der Waals surface area contributed by atoms with E-state index in [-0.39, 0.29) is 12.3 Å². The number of benzene rings is 3. The summed E-state index contributed by atoms with van der Waals surface area (Å²) >= 11 is 0. The molecule has 4 aromatic rings. The molecule has 0 unspecified atom stereocenters. The zero-order valence-electron chi connectivity index (χ0n) is 20.9. The van der Waals surface area contributed by atoms with Crippen LogP contribution < -0.4 is 15.8 Å². The van der Waals surface area contributed by atoms with E-state index in [1.165, 1.54) is 6.07 Å². The fourth-order valence-corrected chi connectivity index (χ4v) is 3.98. The molecular weight excluding hydrogens is 492 g/mol. The average molecular weight is 517 g/mol. The lowest BCUT2D eigenvalue weighted by Gasteiger charge is -2.13. The summed E-state index contributed by atoms with van der Waals surface area (Å²) in [7, 11) is 0. The number of nitro benzene ring substituents is 2. The Morgan fingerprint density at radius 1 is 1.00 bits per heavy atom. The molecule has 3 aromatic carbocycles. The highest BCUT2D eigenvalue weighted by Crippen LogP contribution is 2.31. The van der Waals surface area contributed by atoms with E-state index in [0.29, 0.717) is 34.6 Å². The van der Waals surface area contributed by atoms with Crippen LogP contribution in [0.15, 0.2) is 75.0 Å². The summed E-state index contributed by atoms with van der Waals surface area (Å²) in [5.41, 5.74) is 5.32. The maximum atomic E-state index is 12.8. The molecule has 38 heavy (non-hydrogen) atoms. The van der Waals surface area contributed by atoms with Gasteiger partial charge in [0.15, 0.2) is 0 Å². The van der Waals surface area contributed by atoms with Crippen LogP contribution in [0.1, 0.15) is 29.2 Å². The molecule has 11 nitrogen and oxygen atoms in total. The summed E-state index contributed by atoms with van der Waals surface area (Å²) in [6.07, 6.45) is 0.470. The molecule has 1 heterocycles. The monoisotopic (exact) mass is 516 g/mol. The van der Waals surface area contributed by atoms with Gasteiger partial charge in [0, 0.05) is 29.0 Å². The minimum absolute atomic E-state index is 0.00499. The van der Waals surface area contributed by atoms with Gasteiger partial charge in [0.25, 0.3) is 5.69 Å². The summed E-state index contributed by atoms with van der Waals surface area (Å²) in [5.74, 6) is 0.492. The summed E-state index contributed by atoms with van der Waals surface area (Å²) in [6.45, 7) is 5.38. The second-order valence-electron chi connectivity index (χ2n) is 8.68. The van der Waals surface area contributed by atoms with Crippen molar-refractivity contribution in [3.63, 3.8) is 0 Å². The van der Waals surface area contributed by atoms with Crippen LogP contribution >= 0.6 is 0 Å². The van der Waals surface area contributed by atoms with Crippen LogP contribution in [0.2, 0.25) is 0 Å². The highest BCUT2D eigenvalue weighted by atomic mass is 16.6. The third-order valence-corrected chi connectivity index (χ3v) is 6.07. The number of anilines is 1. The molecule has 0 fully saturated rings. The number of hydrogen-bond donors (Lipinski definition) is 1. The van der Waals surface area contributed by atoms with Crippen molar-refractivity contribution in [1.29, 1.82) is 0 Å². The minimum atomic E-state index is -0.726. The lowest BCUT2D eigenvalue weighted by Crippen LogP contribution is -2.13. The van der Waals surface area contributed by atoms with E-state index in [1.807, 2.05) is 43.3 Å². The summed E-state index contributed by atoms with van der Waals surface area (Å²) in [4.78, 5) is 33.6. The standard InChI is InChI=1S/C27H24N4O7/c1-16(28-29-23-11-9-20(30(33)34)14-24(23)31(35)36)15-37-25-12-10-21-17(2)22(13-19-7-5-4-6-8-19)27(32)38-26(21)18(25)3/h4-12,14,29H,13,15H2,1-3H3/b28-16+. The molecule has 0 atom stereocenters. The van der Waals surface area contributed by atoms with Gasteiger partial charge >= 0.3 is 11.3 Å². The first-order valence-electron chi connectivity index (χ1n) is 11.6. The van der Waals surface area contributed by atoms with Gasteiger partial charge in [0.2, 0.25) is 0 Å². The first-order valence-corrected chi connectivity index (χ1v) is 11.6. The Balaban J connectivity index is 1.52. The van der Waals surface area contributed by atoms with Crippen molar-refractivity contribution in [3.8, 4) is 5.75 Å². The average Bonchev–Trinajstić information content (AvgIpc) is 2.90. The molecule has 0 aliphatic carbocycles. The number of non-ortho nitro benzene ring substituents is 1. The number of hydrogen-bond acceptors (Lipinski definition) is 9. The van der Waals surface area contributed by atoms with Crippen LogP contribution in [-0.2, 0) is 6.42 Å². The van der Waals surface area contributed by atoms with Crippen LogP contribution in [-0.4, -0.2) is 22.2 Å². The molecule has 194 valence electrons. The van der Waals surface area contributed by atoms with Crippen LogP contribution in [0.25, 0.3) is 11.0 Å². The number of aryl methyl sites for hydroxylation is 2. The van der Waals surface area contributed by atoms with Gasteiger partial charge in [-0.1, -0.05) is 30.3 Å². The molecule has 0 aliphatic heterocycles. The molecule has 4 rings (SSSR count). The van der Waals surface area contributed by atoms with Crippen LogP contribution in [0.4, 0.5) is 17.1 Å². The highest BCUT2D eigenvalue weighted by molar-refractivity contribution is 5.87. The van der Waals surface area contributed by atoms with E-state index in [0.717, 1.165) is 28.6 Å². The number of hydrazone groups is 1. The Morgan fingerprint density at radius 2 is 1.74 bits per heavy atom. The molecule has 0 radical (unpaired) electrons. The number of nitro groups is 2. The lowest BCUT2D eigenvalue weighted by molar-refractivity contribution is -0.393. The van der Waals surface area contributed by atoms with Crippen molar-refractivity contribution in [1.82, 2.24) is 0 Å². The number of nitrogens with zero attached hydrogens (tertiary/aromatic N) is 3. The molecule has 1 aromatic heterocycles. The van der Waals surface area contributed by atoms with Crippen LogP contribution in [0.5, 0.6) is 5.75 Å². The topological polar surface area (TPSA) is 150 Å². The maximum Gasteiger partial charge on any atom is 0.340 e. The molecular formula is C27H24N4O7. The van der Waals surface area contributed by atoms with Crippen LogP contribution in [0.3, 0.4) is 0 Å². The quantitative estimate of drug-likeness (QED) is 0.129. The zero-order valence-corrected chi connectivity index (χ0v) is 20.9.